The Bertz CT molecular complexity index is 607. The van der Waals surface area contributed by atoms with Gasteiger partial charge in [0.2, 0.25) is 0 Å². The second kappa shape index (κ2) is 4.57. The molecular weight excluding hydrogens is 233 g/mol. The van der Waals surface area contributed by atoms with Gasteiger partial charge < -0.3 is 10.7 Å². The molecule has 0 atom stereocenters. The van der Waals surface area contributed by atoms with E-state index in [4.69, 9.17) is 5.73 Å². The van der Waals surface area contributed by atoms with Crippen molar-refractivity contribution in [2.75, 3.05) is 0 Å². The number of aromatic amines is 1. The first-order chi connectivity index (χ1) is 8.40. The highest BCUT2D eigenvalue weighted by Crippen LogP contribution is 2.15. The van der Waals surface area contributed by atoms with Crippen molar-refractivity contribution < 1.29 is 4.39 Å². The number of aryl methyl sites for hydroxylation is 1. The molecule has 0 saturated heterocycles. The number of nitrogens with one attached hydrogen (secondary N) is 1. The van der Waals surface area contributed by atoms with E-state index < -0.39 is 6.67 Å². The summed E-state index contributed by atoms with van der Waals surface area (Å²) in [6.07, 6.45) is 0.699. The zero-order chi connectivity index (χ0) is 13.3. The van der Waals surface area contributed by atoms with Gasteiger partial charge in [-0.1, -0.05) is 6.07 Å². The van der Waals surface area contributed by atoms with Gasteiger partial charge in [-0.05, 0) is 38.0 Å². The summed E-state index contributed by atoms with van der Waals surface area (Å²) in [7, 11) is 0. The molecule has 0 bridgehead atoms. The number of hydrogen-bond donors (Lipinski definition) is 2. The minimum Gasteiger partial charge on any atom is -0.325 e. The lowest BCUT2D eigenvalue weighted by Gasteiger charge is -2.18. The van der Waals surface area contributed by atoms with E-state index in [0.717, 1.165) is 5.52 Å². The number of fused-ring (bicyclic) bond motifs is 1. The molecule has 5 heteroatoms. The number of aromatic nitrogens is 2. The summed E-state index contributed by atoms with van der Waals surface area (Å²) < 4.78 is 14.2. The van der Waals surface area contributed by atoms with Crippen molar-refractivity contribution in [1.29, 1.82) is 0 Å². The van der Waals surface area contributed by atoms with Gasteiger partial charge in [-0.25, -0.2) is 9.18 Å². The van der Waals surface area contributed by atoms with Crippen LogP contribution < -0.4 is 11.4 Å². The van der Waals surface area contributed by atoms with Crippen LogP contribution in [0.15, 0.2) is 23.0 Å². The highest BCUT2D eigenvalue weighted by Gasteiger charge is 2.13. The maximum absolute atomic E-state index is 12.5. The minimum absolute atomic E-state index is 0.176. The molecule has 0 aliphatic heterocycles. The summed E-state index contributed by atoms with van der Waals surface area (Å²) in [5.41, 5.74) is 7.45. The zero-order valence-corrected chi connectivity index (χ0v) is 10.7. The fourth-order valence-electron chi connectivity index (χ4n) is 1.92. The minimum atomic E-state index is -0.529. The number of halogens is 1. The first-order valence-corrected chi connectivity index (χ1v) is 5.97. The van der Waals surface area contributed by atoms with Crippen LogP contribution in [0.1, 0.15) is 25.8 Å². The number of nitrogens with two attached hydrogens (primary N) is 1. The molecule has 0 aliphatic rings. The molecule has 18 heavy (non-hydrogen) atoms. The van der Waals surface area contributed by atoms with E-state index >= 15 is 0 Å². The first kappa shape index (κ1) is 12.8. The van der Waals surface area contributed by atoms with Crippen LogP contribution in [0, 0.1) is 0 Å². The topological polar surface area (TPSA) is 63.8 Å². The Morgan fingerprint density at radius 1 is 1.44 bits per heavy atom. The smallest absolute Gasteiger partial charge is 0.325 e. The fourth-order valence-corrected chi connectivity index (χ4v) is 1.92. The average molecular weight is 251 g/mol. The van der Waals surface area contributed by atoms with Crippen molar-refractivity contribution in [3.63, 3.8) is 0 Å². The fraction of sp³-hybridized carbons (Fsp3) is 0.462. The molecule has 3 N–H and O–H groups in total. The summed E-state index contributed by atoms with van der Waals surface area (Å²) in [5.74, 6) is 0. The highest BCUT2D eigenvalue weighted by atomic mass is 19.1. The predicted molar refractivity (Wildman–Crippen MR) is 70.3 cm³/mol. The normalized spacial score (nSPS) is 12.2. The van der Waals surface area contributed by atoms with Crippen molar-refractivity contribution in [2.45, 2.75) is 39.0 Å². The van der Waals surface area contributed by atoms with Crippen molar-refractivity contribution in [2.24, 2.45) is 5.73 Å². The Labute approximate surface area is 105 Å². The molecule has 1 aromatic carbocycles. The van der Waals surface area contributed by atoms with Crippen LogP contribution in [-0.2, 0) is 13.2 Å². The van der Waals surface area contributed by atoms with Crippen LogP contribution >= 0.6 is 0 Å². The number of H-pyrrole nitrogens is 1. The van der Waals surface area contributed by atoms with Crippen molar-refractivity contribution in [3.8, 4) is 0 Å². The SMILES string of the molecule is CC(C)(N)CCn1c(=O)[nH]c2cc(CF)ccc21. The van der Waals surface area contributed by atoms with Crippen LogP contribution in [0.25, 0.3) is 11.0 Å². The average Bonchev–Trinajstić information content (AvgIpc) is 2.60. The molecular formula is C13H18FN3O. The maximum Gasteiger partial charge on any atom is 0.326 e. The van der Waals surface area contributed by atoms with Crippen molar-refractivity contribution >= 4 is 11.0 Å². The molecule has 0 unspecified atom stereocenters. The van der Waals surface area contributed by atoms with E-state index in [0.29, 0.717) is 24.0 Å². The van der Waals surface area contributed by atoms with Gasteiger partial charge >= 0.3 is 5.69 Å². The van der Waals surface area contributed by atoms with E-state index in [1.165, 1.54) is 0 Å². The Morgan fingerprint density at radius 2 is 2.17 bits per heavy atom. The molecule has 2 rings (SSSR count). The Hall–Kier alpha value is -1.62. The standard InChI is InChI=1S/C13H18FN3O/c1-13(2,15)5-6-17-11-4-3-9(8-14)7-10(11)16-12(17)18/h3-4,7H,5-6,8,15H2,1-2H3,(H,16,18). The molecule has 98 valence electrons. The van der Waals surface area contributed by atoms with Crippen LogP contribution in [0.3, 0.4) is 0 Å². The number of nitrogens with zero attached hydrogens (tertiary/aromatic N) is 1. The summed E-state index contributed by atoms with van der Waals surface area (Å²) in [5, 5.41) is 0. The van der Waals surface area contributed by atoms with Gasteiger partial charge in [0.1, 0.15) is 6.67 Å². The third kappa shape index (κ3) is 2.61. The predicted octanol–water partition coefficient (Wildman–Crippen LogP) is 1.93. The summed E-state index contributed by atoms with van der Waals surface area (Å²) in [6, 6.07) is 5.13. The van der Waals surface area contributed by atoms with E-state index in [2.05, 4.69) is 4.98 Å². The lowest BCUT2D eigenvalue weighted by molar-refractivity contribution is 0.436. The second-order valence-electron chi connectivity index (χ2n) is 5.31. The van der Waals surface area contributed by atoms with Gasteiger partial charge in [0.25, 0.3) is 0 Å². The highest BCUT2D eigenvalue weighted by molar-refractivity contribution is 5.76. The quantitative estimate of drug-likeness (QED) is 0.872. The number of rotatable bonds is 4. The Kier molecular flexibility index (Phi) is 3.26. The second-order valence-corrected chi connectivity index (χ2v) is 5.31. The first-order valence-electron chi connectivity index (χ1n) is 5.97. The monoisotopic (exact) mass is 251 g/mol. The molecule has 0 radical (unpaired) electrons. The third-order valence-electron chi connectivity index (χ3n) is 2.97. The molecule has 4 nitrogen and oxygen atoms in total. The Balaban J connectivity index is 2.39. The summed E-state index contributed by atoms with van der Waals surface area (Å²) >= 11 is 0. The van der Waals surface area contributed by atoms with Gasteiger partial charge in [-0.15, -0.1) is 0 Å². The molecule has 0 spiro atoms. The molecule has 1 aromatic heterocycles. The van der Waals surface area contributed by atoms with E-state index in [1.807, 2.05) is 13.8 Å². The zero-order valence-electron chi connectivity index (χ0n) is 10.7. The van der Waals surface area contributed by atoms with Gasteiger partial charge in [-0.2, -0.15) is 0 Å². The molecule has 2 aromatic rings. The number of imidazole rings is 1. The largest absolute Gasteiger partial charge is 0.326 e. The maximum atomic E-state index is 12.5. The lowest BCUT2D eigenvalue weighted by Crippen LogP contribution is -2.34. The number of alkyl halides is 1. The number of hydrogen-bond acceptors (Lipinski definition) is 2. The van der Waals surface area contributed by atoms with E-state index in [-0.39, 0.29) is 11.2 Å². The molecule has 0 fully saturated rings. The van der Waals surface area contributed by atoms with Crippen LogP contribution in [-0.4, -0.2) is 15.1 Å². The lowest BCUT2D eigenvalue weighted by atomic mass is 10.0. The summed E-state index contributed by atoms with van der Waals surface area (Å²) in [4.78, 5) is 14.6. The summed E-state index contributed by atoms with van der Waals surface area (Å²) in [6.45, 7) is 3.87. The molecule has 0 aliphatic carbocycles. The number of benzene rings is 1. The Morgan fingerprint density at radius 3 is 2.78 bits per heavy atom. The van der Waals surface area contributed by atoms with Crippen molar-refractivity contribution in [1.82, 2.24) is 9.55 Å². The molecule has 0 saturated carbocycles. The van der Waals surface area contributed by atoms with Gasteiger partial charge in [-0.3, -0.25) is 4.57 Å². The molecule has 1 heterocycles. The van der Waals surface area contributed by atoms with E-state index in [9.17, 15) is 9.18 Å². The van der Waals surface area contributed by atoms with Gasteiger partial charge in [0.15, 0.2) is 0 Å². The van der Waals surface area contributed by atoms with Gasteiger partial charge in [0.05, 0.1) is 11.0 Å². The van der Waals surface area contributed by atoms with E-state index in [1.54, 1.807) is 22.8 Å². The van der Waals surface area contributed by atoms with Crippen molar-refractivity contribution in [3.05, 3.63) is 34.2 Å². The van der Waals surface area contributed by atoms with Crippen LogP contribution in [0.4, 0.5) is 4.39 Å². The van der Waals surface area contributed by atoms with Crippen LogP contribution in [0.2, 0.25) is 0 Å². The van der Waals surface area contributed by atoms with Crippen LogP contribution in [0.5, 0.6) is 0 Å². The molecule has 0 amide bonds. The van der Waals surface area contributed by atoms with Gasteiger partial charge in [0, 0.05) is 12.1 Å². The third-order valence-corrected chi connectivity index (χ3v) is 2.97.